The van der Waals surface area contributed by atoms with E-state index in [1.165, 1.54) is 6.20 Å². The standard InChI is InChI=1S/C14H16F3N3/c1-2-12(11-6-4-3-5-7-11)18-13-8-9-20(19-13)10-14(15,16)17/h3-9,12H,2,10H2,1H3,(H,18,19)/t12-/m0/s1. The number of aromatic nitrogens is 2. The Morgan fingerprint density at radius 1 is 1.20 bits per heavy atom. The van der Waals surface area contributed by atoms with Crippen LogP contribution in [0.4, 0.5) is 19.0 Å². The highest BCUT2D eigenvalue weighted by atomic mass is 19.4. The zero-order valence-corrected chi connectivity index (χ0v) is 11.1. The number of hydrogen-bond donors (Lipinski definition) is 1. The molecule has 6 heteroatoms. The first kappa shape index (κ1) is 14.4. The van der Waals surface area contributed by atoms with Crippen LogP contribution in [-0.4, -0.2) is 16.0 Å². The van der Waals surface area contributed by atoms with Gasteiger partial charge in [-0.05, 0) is 12.0 Å². The number of alkyl halides is 3. The fourth-order valence-electron chi connectivity index (χ4n) is 2.00. The number of hydrogen-bond acceptors (Lipinski definition) is 2. The Balaban J connectivity index is 2.05. The summed E-state index contributed by atoms with van der Waals surface area (Å²) in [5.41, 5.74) is 1.08. The van der Waals surface area contributed by atoms with E-state index in [0.29, 0.717) is 5.82 Å². The molecule has 1 aromatic heterocycles. The van der Waals surface area contributed by atoms with Crippen LogP contribution in [0.1, 0.15) is 24.9 Å². The third-order valence-corrected chi connectivity index (χ3v) is 2.91. The number of nitrogens with zero attached hydrogens (tertiary/aromatic N) is 2. The zero-order chi connectivity index (χ0) is 14.6. The zero-order valence-electron chi connectivity index (χ0n) is 11.1. The highest BCUT2D eigenvalue weighted by Crippen LogP contribution is 2.22. The van der Waals surface area contributed by atoms with E-state index in [0.717, 1.165) is 16.7 Å². The molecule has 1 aromatic carbocycles. The van der Waals surface area contributed by atoms with Crippen LogP contribution in [0.2, 0.25) is 0 Å². The fourth-order valence-corrected chi connectivity index (χ4v) is 2.00. The maximum absolute atomic E-state index is 12.3. The van der Waals surface area contributed by atoms with Crippen LogP contribution in [0.25, 0.3) is 0 Å². The Hall–Kier alpha value is -1.98. The maximum Gasteiger partial charge on any atom is 0.408 e. The van der Waals surface area contributed by atoms with Crippen molar-refractivity contribution in [2.75, 3.05) is 5.32 Å². The van der Waals surface area contributed by atoms with Crippen molar-refractivity contribution < 1.29 is 13.2 Å². The molecule has 0 bridgehead atoms. The Morgan fingerprint density at radius 3 is 2.50 bits per heavy atom. The summed E-state index contributed by atoms with van der Waals surface area (Å²) in [6, 6.07) is 11.3. The molecule has 108 valence electrons. The molecule has 2 aromatic rings. The second-order valence-corrected chi connectivity index (χ2v) is 4.53. The minimum absolute atomic E-state index is 0.0328. The van der Waals surface area contributed by atoms with Crippen LogP contribution in [0.3, 0.4) is 0 Å². The number of nitrogens with one attached hydrogen (secondary N) is 1. The van der Waals surface area contributed by atoms with Crippen molar-refractivity contribution in [1.29, 1.82) is 0 Å². The summed E-state index contributed by atoms with van der Waals surface area (Å²) in [6.07, 6.45) is -2.11. The number of rotatable bonds is 5. The molecule has 0 radical (unpaired) electrons. The molecule has 0 fully saturated rings. The predicted octanol–water partition coefficient (Wildman–Crippen LogP) is 4.01. The number of benzene rings is 1. The van der Waals surface area contributed by atoms with Gasteiger partial charge in [0.15, 0.2) is 0 Å². The monoisotopic (exact) mass is 283 g/mol. The Kier molecular flexibility index (Phi) is 4.32. The molecular weight excluding hydrogens is 267 g/mol. The van der Waals surface area contributed by atoms with E-state index in [9.17, 15) is 13.2 Å². The molecule has 0 saturated heterocycles. The molecule has 0 aliphatic heterocycles. The van der Waals surface area contributed by atoms with Crippen LogP contribution in [0.15, 0.2) is 42.6 Å². The molecule has 1 atom stereocenters. The van der Waals surface area contributed by atoms with Gasteiger partial charge in [0, 0.05) is 12.3 Å². The van der Waals surface area contributed by atoms with E-state index in [1.54, 1.807) is 6.07 Å². The van der Waals surface area contributed by atoms with Gasteiger partial charge < -0.3 is 5.32 Å². The lowest BCUT2D eigenvalue weighted by Gasteiger charge is -2.16. The van der Waals surface area contributed by atoms with E-state index >= 15 is 0 Å². The van der Waals surface area contributed by atoms with Gasteiger partial charge in [-0.2, -0.15) is 18.3 Å². The van der Waals surface area contributed by atoms with Gasteiger partial charge >= 0.3 is 6.18 Å². The molecule has 0 saturated carbocycles. The molecular formula is C14H16F3N3. The second kappa shape index (κ2) is 5.98. The second-order valence-electron chi connectivity index (χ2n) is 4.53. The normalized spacial score (nSPS) is 13.2. The first-order valence-electron chi connectivity index (χ1n) is 6.39. The van der Waals surface area contributed by atoms with E-state index in [1.807, 2.05) is 37.3 Å². The lowest BCUT2D eigenvalue weighted by molar-refractivity contribution is -0.142. The lowest BCUT2D eigenvalue weighted by Crippen LogP contribution is -2.18. The third-order valence-electron chi connectivity index (χ3n) is 2.91. The van der Waals surface area contributed by atoms with E-state index in [-0.39, 0.29) is 6.04 Å². The summed E-state index contributed by atoms with van der Waals surface area (Å²) in [5, 5.41) is 7.05. The van der Waals surface area contributed by atoms with Crippen molar-refractivity contribution in [3.8, 4) is 0 Å². The van der Waals surface area contributed by atoms with Crippen molar-refractivity contribution in [2.45, 2.75) is 32.1 Å². The minimum Gasteiger partial charge on any atom is -0.362 e. The predicted molar refractivity (Wildman–Crippen MR) is 71.4 cm³/mol. The summed E-state index contributed by atoms with van der Waals surface area (Å²) in [7, 11) is 0. The highest BCUT2D eigenvalue weighted by molar-refractivity contribution is 5.37. The maximum atomic E-state index is 12.3. The summed E-state index contributed by atoms with van der Waals surface area (Å²) < 4.78 is 37.7. The molecule has 0 aliphatic carbocycles. The largest absolute Gasteiger partial charge is 0.408 e. The molecule has 1 heterocycles. The molecule has 0 spiro atoms. The van der Waals surface area contributed by atoms with Gasteiger partial charge in [0.1, 0.15) is 12.4 Å². The van der Waals surface area contributed by atoms with Gasteiger partial charge in [0.05, 0.1) is 6.04 Å². The third kappa shape index (κ3) is 4.01. The molecule has 1 N–H and O–H groups in total. The molecule has 2 rings (SSSR count). The van der Waals surface area contributed by atoms with Crippen molar-refractivity contribution in [2.24, 2.45) is 0 Å². The van der Waals surface area contributed by atoms with Gasteiger partial charge in [-0.25, -0.2) is 0 Å². The van der Waals surface area contributed by atoms with Crippen molar-refractivity contribution in [3.63, 3.8) is 0 Å². The lowest BCUT2D eigenvalue weighted by atomic mass is 10.1. The molecule has 20 heavy (non-hydrogen) atoms. The average Bonchev–Trinajstić information content (AvgIpc) is 2.82. The Bertz CT molecular complexity index is 534. The van der Waals surface area contributed by atoms with Crippen LogP contribution >= 0.6 is 0 Å². The number of anilines is 1. The topological polar surface area (TPSA) is 29.9 Å². The summed E-state index contributed by atoms with van der Waals surface area (Å²) >= 11 is 0. The molecule has 0 aliphatic rings. The van der Waals surface area contributed by atoms with Crippen molar-refractivity contribution in [3.05, 3.63) is 48.2 Å². The smallest absolute Gasteiger partial charge is 0.362 e. The van der Waals surface area contributed by atoms with E-state index in [4.69, 9.17) is 0 Å². The first-order chi connectivity index (χ1) is 9.48. The Labute approximate surface area is 115 Å². The molecule has 0 amide bonds. The van der Waals surface area contributed by atoms with Gasteiger partial charge in [-0.3, -0.25) is 4.68 Å². The highest BCUT2D eigenvalue weighted by Gasteiger charge is 2.28. The van der Waals surface area contributed by atoms with Gasteiger partial charge in [-0.1, -0.05) is 37.3 Å². The van der Waals surface area contributed by atoms with Gasteiger partial charge in [-0.15, -0.1) is 0 Å². The SMILES string of the molecule is CC[C@H](Nc1ccn(CC(F)(F)F)n1)c1ccccc1. The average molecular weight is 283 g/mol. The fraction of sp³-hybridized carbons (Fsp3) is 0.357. The van der Waals surface area contributed by atoms with Crippen molar-refractivity contribution in [1.82, 2.24) is 9.78 Å². The summed E-state index contributed by atoms with van der Waals surface area (Å²) in [6.45, 7) is 0.939. The van der Waals surface area contributed by atoms with E-state index < -0.39 is 12.7 Å². The minimum atomic E-state index is -4.26. The quantitative estimate of drug-likeness (QED) is 0.898. The van der Waals surface area contributed by atoms with Crippen LogP contribution < -0.4 is 5.32 Å². The molecule has 3 nitrogen and oxygen atoms in total. The van der Waals surface area contributed by atoms with Crippen molar-refractivity contribution >= 4 is 5.82 Å². The summed E-state index contributed by atoms with van der Waals surface area (Å²) in [4.78, 5) is 0. The molecule has 0 unspecified atom stereocenters. The Morgan fingerprint density at radius 2 is 1.90 bits per heavy atom. The van der Waals surface area contributed by atoms with Crippen LogP contribution in [0.5, 0.6) is 0 Å². The number of halogens is 3. The van der Waals surface area contributed by atoms with E-state index in [2.05, 4.69) is 10.4 Å². The first-order valence-corrected chi connectivity index (χ1v) is 6.39. The van der Waals surface area contributed by atoms with Crippen LogP contribution in [-0.2, 0) is 6.54 Å². The summed E-state index contributed by atoms with van der Waals surface area (Å²) in [5.74, 6) is 0.449. The van der Waals surface area contributed by atoms with Gasteiger partial charge in [0.25, 0.3) is 0 Å². The van der Waals surface area contributed by atoms with Gasteiger partial charge in [0.2, 0.25) is 0 Å². The van der Waals surface area contributed by atoms with Crippen LogP contribution in [0, 0.1) is 0 Å².